The second-order valence-electron chi connectivity index (χ2n) is 5.23. The number of thioether (sulfide) groups is 1. The zero-order valence-corrected chi connectivity index (χ0v) is 12.7. The zero-order valence-electron chi connectivity index (χ0n) is 11.9. The van der Waals surface area contributed by atoms with E-state index in [1.165, 1.54) is 0 Å². The van der Waals surface area contributed by atoms with Gasteiger partial charge in [-0.1, -0.05) is 0 Å². The lowest BCUT2D eigenvalue weighted by atomic mass is 10.0. The summed E-state index contributed by atoms with van der Waals surface area (Å²) in [6.45, 7) is 4.04. The highest BCUT2D eigenvalue weighted by Gasteiger charge is 2.17. The van der Waals surface area contributed by atoms with Gasteiger partial charge in [-0.05, 0) is 18.2 Å². The maximum Gasteiger partial charge on any atom is 0.220 e. The van der Waals surface area contributed by atoms with Crippen LogP contribution < -0.4 is 20.1 Å². The molecule has 1 saturated heterocycles. The maximum atomic E-state index is 11.7. The van der Waals surface area contributed by atoms with E-state index in [2.05, 4.69) is 10.6 Å². The summed E-state index contributed by atoms with van der Waals surface area (Å²) in [6.07, 6.45) is 0.541. The number of hydrogen-bond acceptors (Lipinski definition) is 5. The lowest BCUT2D eigenvalue weighted by Gasteiger charge is -2.27. The molecule has 21 heavy (non-hydrogen) atoms. The minimum atomic E-state index is 0.131. The molecule has 0 aliphatic carbocycles. The topological polar surface area (TPSA) is 59.6 Å². The van der Waals surface area contributed by atoms with Crippen LogP contribution in [0.1, 0.15) is 6.42 Å². The van der Waals surface area contributed by atoms with E-state index >= 15 is 0 Å². The van der Waals surface area contributed by atoms with E-state index in [9.17, 15) is 4.79 Å². The highest BCUT2D eigenvalue weighted by Crippen LogP contribution is 2.34. The molecule has 0 saturated carbocycles. The summed E-state index contributed by atoms with van der Waals surface area (Å²) in [7, 11) is 0. The highest BCUT2D eigenvalue weighted by molar-refractivity contribution is 7.99. The number of benzene rings is 1. The van der Waals surface area contributed by atoms with E-state index in [4.69, 9.17) is 9.47 Å². The van der Waals surface area contributed by atoms with E-state index in [1.54, 1.807) is 11.8 Å². The van der Waals surface area contributed by atoms with Gasteiger partial charge in [-0.2, -0.15) is 0 Å². The van der Waals surface area contributed by atoms with Crippen molar-refractivity contribution < 1.29 is 14.3 Å². The minimum Gasteiger partial charge on any atom is -0.486 e. The molecule has 0 aromatic heterocycles. The Kier molecular flexibility index (Phi) is 4.87. The van der Waals surface area contributed by atoms with Crippen molar-refractivity contribution in [2.45, 2.75) is 11.3 Å². The van der Waals surface area contributed by atoms with Crippen LogP contribution in [0.4, 0.5) is 0 Å². The largest absolute Gasteiger partial charge is 0.486 e. The average molecular weight is 308 g/mol. The van der Waals surface area contributed by atoms with Crippen molar-refractivity contribution in [3.63, 3.8) is 0 Å². The lowest BCUT2D eigenvalue weighted by molar-refractivity contribution is -0.120. The Morgan fingerprint density at radius 1 is 1.29 bits per heavy atom. The first-order valence-electron chi connectivity index (χ1n) is 7.31. The minimum absolute atomic E-state index is 0.131. The van der Waals surface area contributed by atoms with Crippen LogP contribution in [0.5, 0.6) is 11.5 Å². The van der Waals surface area contributed by atoms with Gasteiger partial charge in [0.1, 0.15) is 13.2 Å². The number of carbonyl (C=O) groups excluding carboxylic acids is 1. The molecular weight excluding hydrogens is 288 g/mol. The monoisotopic (exact) mass is 308 g/mol. The molecule has 5 nitrogen and oxygen atoms in total. The fraction of sp³-hybridized carbons (Fsp3) is 0.533. The van der Waals surface area contributed by atoms with E-state index in [-0.39, 0.29) is 5.91 Å². The summed E-state index contributed by atoms with van der Waals surface area (Å²) < 4.78 is 11.0. The van der Waals surface area contributed by atoms with E-state index in [1.807, 2.05) is 18.2 Å². The van der Waals surface area contributed by atoms with E-state index in [0.29, 0.717) is 25.6 Å². The van der Waals surface area contributed by atoms with Crippen LogP contribution in [0.25, 0.3) is 0 Å². The summed E-state index contributed by atoms with van der Waals surface area (Å²) in [5.74, 6) is 3.12. The SMILES string of the molecule is O=C(CCSc1ccc2c(c1)OCCO2)NCC1CNC1. The Bertz CT molecular complexity index is 506. The standard InChI is InChI=1S/C15H20N2O3S/c18-15(17-10-11-8-16-9-11)3-6-21-12-1-2-13-14(7-12)20-5-4-19-13/h1-2,7,11,16H,3-6,8-10H2,(H,17,18). The van der Waals surface area contributed by atoms with Gasteiger partial charge in [0, 0.05) is 42.6 Å². The van der Waals surface area contributed by atoms with Gasteiger partial charge in [0.2, 0.25) is 5.91 Å². The first-order chi connectivity index (χ1) is 10.3. The predicted octanol–water partition coefficient (Wildman–Crippen LogP) is 1.28. The number of nitrogens with one attached hydrogen (secondary N) is 2. The van der Waals surface area contributed by atoms with Gasteiger partial charge in [-0.3, -0.25) is 4.79 Å². The van der Waals surface area contributed by atoms with E-state index < -0.39 is 0 Å². The van der Waals surface area contributed by atoms with Crippen LogP contribution in [0, 0.1) is 5.92 Å². The molecular formula is C15H20N2O3S. The number of carbonyl (C=O) groups is 1. The van der Waals surface area contributed by atoms with E-state index in [0.717, 1.165) is 41.8 Å². The Balaban J connectivity index is 1.39. The maximum absolute atomic E-state index is 11.7. The number of amides is 1. The Morgan fingerprint density at radius 2 is 2.10 bits per heavy atom. The number of ether oxygens (including phenoxy) is 2. The molecule has 1 fully saturated rings. The van der Waals surface area contributed by atoms with Crippen LogP contribution >= 0.6 is 11.8 Å². The molecule has 0 spiro atoms. The van der Waals surface area contributed by atoms with Crippen molar-refractivity contribution in [2.75, 3.05) is 38.6 Å². The van der Waals surface area contributed by atoms with Gasteiger partial charge in [0.25, 0.3) is 0 Å². The molecule has 2 aliphatic heterocycles. The van der Waals surface area contributed by atoms with Crippen molar-refractivity contribution in [3.05, 3.63) is 18.2 Å². The molecule has 6 heteroatoms. The predicted molar refractivity (Wildman–Crippen MR) is 82.1 cm³/mol. The molecule has 0 radical (unpaired) electrons. The van der Waals surface area contributed by atoms with Crippen LogP contribution in [-0.2, 0) is 4.79 Å². The summed E-state index contributed by atoms with van der Waals surface area (Å²) >= 11 is 1.67. The number of rotatable bonds is 6. The summed E-state index contributed by atoms with van der Waals surface area (Å²) in [6, 6.07) is 5.92. The van der Waals surface area contributed by atoms with Crippen LogP contribution in [0.2, 0.25) is 0 Å². The number of fused-ring (bicyclic) bond motifs is 1. The van der Waals surface area contributed by atoms with Crippen molar-refractivity contribution in [1.29, 1.82) is 0 Å². The first kappa shape index (κ1) is 14.5. The molecule has 0 unspecified atom stereocenters. The second-order valence-corrected chi connectivity index (χ2v) is 6.40. The van der Waals surface area contributed by atoms with Crippen molar-refractivity contribution in [1.82, 2.24) is 10.6 Å². The Labute approximate surface area is 128 Å². The normalized spacial score (nSPS) is 17.1. The third kappa shape index (κ3) is 4.04. The number of hydrogen-bond donors (Lipinski definition) is 2. The molecule has 2 N–H and O–H groups in total. The summed E-state index contributed by atoms with van der Waals surface area (Å²) in [5, 5.41) is 6.18. The lowest BCUT2D eigenvalue weighted by Crippen LogP contribution is -2.48. The smallest absolute Gasteiger partial charge is 0.220 e. The van der Waals surface area contributed by atoms with Crippen molar-refractivity contribution in [2.24, 2.45) is 5.92 Å². The molecule has 114 valence electrons. The highest BCUT2D eigenvalue weighted by atomic mass is 32.2. The van der Waals surface area contributed by atoms with Gasteiger partial charge >= 0.3 is 0 Å². The Hall–Kier alpha value is -1.40. The quantitative estimate of drug-likeness (QED) is 0.775. The van der Waals surface area contributed by atoms with Gasteiger partial charge in [-0.25, -0.2) is 0 Å². The molecule has 1 aromatic carbocycles. The summed E-state index contributed by atoms with van der Waals surface area (Å²) in [5.41, 5.74) is 0. The molecule has 0 bridgehead atoms. The van der Waals surface area contributed by atoms with Gasteiger partial charge < -0.3 is 20.1 Å². The van der Waals surface area contributed by atoms with Gasteiger partial charge in [-0.15, -0.1) is 11.8 Å². The van der Waals surface area contributed by atoms with Crippen LogP contribution in [0.15, 0.2) is 23.1 Å². The molecule has 1 amide bonds. The van der Waals surface area contributed by atoms with Gasteiger partial charge in [0.05, 0.1) is 0 Å². The third-order valence-corrected chi connectivity index (χ3v) is 4.56. The fourth-order valence-corrected chi connectivity index (χ4v) is 3.09. The summed E-state index contributed by atoms with van der Waals surface area (Å²) in [4.78, 5) is 12.8. The molecule has 0 atom stereocenters. The fourth-order valence-electron chi connectivity index (χ4n) is 2.21. The van der Waals surface area contributed by atoms with Crippen LogP contribution in [0.3, 0.4) is 0 Å². The Morgan fingerprint density at radius 3 is 2.86 bits per heavy atom. The average Bonchev–Trinajstić information content (AvgIpc) is 2.45. The van der Waals surface area contributed by atoms with Crippen molar-refractivity contribution >= 4 is 17.7 Å². The van der Waals surface area contributed by atoms with Gasteiger partial charge in [0.15, 0.2) is 11.5 Å². The van der Waals surface area contributed by atoms with Crippen LogP contribution in [-0.4, -0.2) is 44.5 Å². The third-order valence-electron chi connectivity index (χ3n) is 3.57. The van der Waals surface area contributed by atoms with Crippen molar-refractivity contribution in [3.8, 4) is 11.5 Å². The first-order valence-corrected chi connectivity index (χ1v) is 8.30. The molecule has 1 aromatic rings. The zero-order chi connectivity index (χ0) is 14.5. The molecule has 2 heterocycles. The second kappa shape index (κ2) is 7.04. The molecule has 3 rings (SSSR count). The molecule has 2 aliphatic rings.